The summed E-state index contributed by atoms with van der Waals surface area (Å²) in [6, 6.07) is 0. The van der Waals surface area contributed by atoms with Gasteiger partial charge in [0.2, 0.25) is 6.33 Å². The minimum Gasteiger partial charge on any atom is -1.00 e. The molecule has 1 rings (SSSR count). The van der Waals surface area contributed by atoms with Gasteiger partial charge in [0.05, 0.1) is 13.1 Å². The maximum atomic E-state index is 2.28. The van der Waals surface area contributed by atoms with E-state index in [2.05, 4.69) is 41.7 Å². The van der Waals surface area contributed by atoms with Gasteiger partial charge in [-0.05, 0) is 12.8 Å². The summed E-state index contributed by atoms with van der Waals surface area (Å²) in [4.78, 5) is 0. The standard InChI is InChI=1S/C11H21N2.BrH/c1-3-5-7-12-9-10-13(11-12)8-6-4-2;/h9-11H,3-8H2,1-2H3;1H/q+1;/p-1. The van der Waals surface area contributed by atoms with E-state index in [9.17, 15) is 0 Å². The molecule has 0 radical (unpaired) electrons. The fraction of sp³-hybridized carbons (Fsp3) is 0.727. The number of aryl methyl sites for hydroxylation is 2. The average Bonchev–Trinajstić information content (AvgIpc) is 2.59. The van der Waals surface area contributed by atoms with Crippen molar-refractivity contribution >= 4 is 0 Å². The van der Waals surface area contributed by atoms with Crippen LogP contribution in [0.25, 0.3) is 0 Å². The second-order valence-electron chi connectivity index (χ2n) is 3.60. The minimum atomic E-state index is 0. The van der Waals surface area contributed by atoms with Gasteiger partial charge in [0.15, 0.2) is 0 Å². The third-order valence-electron chi connectivity index (χ3n) is 2.29. The molecule has 2 nitrogen and oxygen atoms in total. The predicted octanol–water partition coefficient (Wildman–Crippen LogP) is -0.620. The maximum Gasteiger partial charge on any atom is 0.243 e. The minimum absolute atomic E-state index is 0. The highest BCUT2D eigenvalue weighted by Gasteiger charge is 2.01. The van der Waals surface area contributed by atoms with E-state index >= 15 is 0 Å². The van der Waals surface area contributed by atoms with E-state index in [0.29, 0.717) is 0 Å². The smallest absolute Gasteiger partial charge is 0.243 e. The zero-order chi connectivity index (χ0) is 9.52. The largest absolute Gasteiger partial charge is 1.00 e. The summed E-state index contributed by atoms with van der Waals surface area (Å²) in [6.45, 7) is 6.79. The molecule has 0 unspecified atom stereocenters. The Balaban J connectivity index is 0.00000169. The van der Waals surface area contributed by atoms with Crippen molar-refractivity contribution in [3.63, 3.8) is 0 Å². The second-order valence-corrected chi connectivity index (χ2v) is 3.60. The first-order valence-corrected chi connectivity index (χ1v) is 5.41. The monoisotopic (exact) mass is 260 g/mol. The Kier molecular flexibility index (Phi) is 7.86. The van der Waals surface area contributed by atoms with Crippen molar-refractivity contribution in [2.24, 2.45) is 0 Å². The van der Waals surface area contributed by atoms with Gasteiger partial charge in [-0.3, -0.25) is 0 Å². The van der Waals surface area contributed by atoms with Crippen molar-refractivity contribution in [1.82, 2.24) is 4.57 Å². The van der Waals surface area contributed by atoms with Crippen LogP contribution in [-0.2, 0) is 13.1 Å². The molecule has 0 aromatic carbocycles. The lowest BCUT2D eigenvalue weighted by Crippen LogP contribution is -3.00. The zero-order valence-corrected chi connectivity index (χ0v) is 10.8. The third kappa shape index (κ3) is 4.80. The molecule has 0 aliphatic carbocycles. The summed E-state index contributed by atoms with van der Waals surface area (Å²) in [7, 11) is 0. The van der Waals surface area contributed by atoms with Gasteiger partial charge < -0.3 is 17.0 Å². The summed E-state index contributed by atoms with van der Waals surface area (Å²) in [5.41, 5.74) is 0. The molecule has 3 heteroatoms. The third-order valence-corrected chi connectivity index (χ3v) is 2.29. The zero-order valence-electron chi connectivity index (χ0n) is 9.25. The van der Waals surface area contributed by atoms with E-state index in [1.54, 1.807) is 0 Å². The molecule has 1 aromatic heterocycles. The molecule has 0 fully saturated rings. The van der Waals surface area contributed by atoms with Gasteiger partial charge in [0.25, 0.3) is 0 Å². The Morgan fingerprint density at radius 2 is 1.86 bits per heavy atom. The van der Waals surface area contributed by atoms with Crippen LogP contribution in [0.3, 0.4) is 0 Å². The molecular weight excluding hydrogens is 240 g/mol. The summed E-state index contributed by atoms with van der Waals surface area (Å²) >= 11 is 0. The molecule has 1 aromatic rings. The second kappa shape index (κ2) is 8.04. The van der Waals surface area contributed by atoms with Crippen molar-refractivity contribution in [1.29, 1.82) is 0 Å². The van der Waals surface area contributed by atoms with Gasteiger partial charge in [-0.1, -0.05) is 26.7 Å². The lowest BCUT2D eigenvalue weighted by atomic mass is 10.3. The Labute approximate surface area is 97.7 Å². The van der Waals surface area contributed by atoms with E-state index < -0.39 is 0 Å². The summed E-state index contributed by atoms with van der Waals surface area (Å²) < 4.78 is 4.55. The molecule has 0 bridgehead atoms. The van der Waals surface area contributed by atoms with Gasteiger partial charge in [-0.2, -0.15) is 0 Å². The van der Waals surface area contributed by atoms with Crippen LogP contribution in [0.1, 0.15) is 39.5 Å². The molecule has 0 amide bonds. The van der Waals surface area contributed by atoms with Crippen LogP contribution < -0.4 is 21.5 Å². The Bertz CT molecular complexity index is 210. The van der Waals surface area contributed by atoms with Gasteiger partial charge in [0.1, 0.15) is 12.4 Å². The number of aromatic nitrogens is 2. The number of nitrogens with zero attached hydrogens (tertiary/aromatic N) is 2. The predicted molar refractivity (Wildman–Crippen MR) is 54.4 cm³/mol. The number of hydrogen-bond acceptors (Lipinski definition) is 0. The molecular formula is C11H21BrN2. The fourth-order valence-electron chi connectivity index (χ4n) is 1.38. The fourth-order valence-corrected chi connectivity index (χ4v) is 1.38. The normalized spacial score (nSPS) is 9.86. The van der Waals surface area contributed by atoms with Crippen molar-refractivity contribution < 1.29 is 21.5 Å². The van der Waals surface area contributed by atoms with Crippen molar-refractivity contribution in [3.8, 4) is 0 Å². The summed E-state index contributed by atoms with van der Waals surface area (Å²) in [5, 5.41) is 0. The number of unbranched alkanes of at least 4 members (excludes halogenated alkanes) is 2. The van der Waals surface area contributed by atoms with Crippen LogP contribution >= 0.6 is 0 Å². The van der Waals surface area contributed by atoms with Crippen LogP contribution in [0.15, 0.2) is 18.7 Å². The lowest BCUT2D eigenvalue weighted by Gasteiger charge is -1.93. The quantitative estimate of drug-likeness (QED) is 0.604. The summed E-state index contributed by atoms with van der Waals surface area (Å²) in [5.74, 6) is 0. The number of rotatable bonds is 6. The molecule has 0 saturated carbocycles. The number of halogens is 1. The van der Waals surface area contributed by atoms with Crippen LogP contribution in [0.2, 0.25) is 0 Å². The molecule has 0 atom stereocenters. The Hall–Kier alpha value is -0.310. The Morgan fingerprint density at radius 3 is 2.50 bits per heavy atom. The van der Waals surface area contributed by atoms with Gasteiger partial charge in [-0.25, -0.2) is 9.13 Å². The van der Waals surface area contributed by atoms with E-state index in [-0.39, 0.29) is 17.0 Å². The number of hydrogen-bond donors (Lipinski definition) is 0. The highest BCUT2D eigenvalue weighted by atomic mass is 79.9. The van der Waals surface area contributed by atoms with Crippen LogP contribution in [0, 0.1) is 0 Å². The van der Waals surface area contributed by atoms with Gasteiger partial charge in [0, 0.05) is 0 Å². The van der Waals surface area contributed by atoms with Crippen LogP contribution in [0.4, 0.5) is 0 Å². The molecule has 0 saturated heterocycles. The first-order valence-electron chi connectivity index (χ1n) is 5.41. The highest BCUT2D eigenvalue weighted by Crippen LogP contribution is 1.93. The van der Waals surface area contributed by atoms with Gasteiger partial charge in [-0.15, -0.1) is 0 Å². The lowest BCUT2D eigenvalue weighted by molar-refractivity contribution is -0.696. The van der Waals surface area contributed by atoms with Crippen LogP contribution in [0.5, 0.6) is 0 Å². The molecule has 82 valence electrons. The van der Waals surface area contributed by atoms with Crippen molar-refractivity contribution in [2.45, 2.75) is 52.6 Å². The molecule has 0 spiro atoms. The van der Waals surface area contributed by atoms with Crippen molar-refractivity contribution in [2.75, 3.05) is 0 Å². The van der Waals surface area contributed by atoms with E-state index in [4.69, 9.17) is 0 Å². The van der Waals surface area contributed by atoms with E-state index in [1.165, 1.54) is 25.7 Å². The topological polar surface area (TPSA) is 8.81 Å². The molecule has 1 heterocycles. The van der Waals surface area contributed by atoms with E-state index in [1.807, 2.05) is 0 Å². The molecule has 0 N–H and O–H groups in total. The average molecular weight is 261 g/mol. The van der Waals surface area contributed by atoms with Crippen molar-refractivity contribution in [3.05, 3.63) is 18.7 Å². The maximum absolute atomic E-state index is 2.28. The molecule has 0 aliphatic heterocycles. The Morgan fingerprint density at radius 1 is 1.14 bits per heavy atom. The SMILES string of the molecule is CCCCn1cc[n+](CCCC)c1.[Br-]. The molecule has 0 aliphatic rings. The van der Waals surface area contributed by atoms with Crippen LogP contribution in [-0.4, -0.2) is 4.57 Å². The summed E-state index contributed by atoms with van der Waals surface area (Å²) in [6.07, 6.45) is 11.7. The highest BCUT2D eigenvalue weighted by molar-refractivity contribution is 4.65. The van der Waals surface area contributed by atoms with E-state index in [0.717, 1.165) is 13.1 Å². The number of imidazole rings is 1. The van der Waals surface area contributed by atoms with Gasteiger partial charge >= 0.3 is 0 Å². The first kappa shape index (κ1) is 13.7. The first-order chi connectivity index (χ1) is 6.36. The molecule has 14 heavy (non-hydrogen) atoms.